The van der Waals surface area contributed by atoms with Crippen LogP contribution < -0.4 is 10.6 Å². The topological polar surface area (TPSA) is 61.4 Å². The monoisotopic (exact) mass is 457 g/mol. The summed E-state index contributed by atoms with van der Waals surface area (Å²) >= 11 is 0. The number of carbonyl (C=O) groups is 2. The first kappa shape index (κ1) is 28.9. The van der Waals surface area contributed by atoms with Crippen LogP contribution in [0.4, 0.5) is 0 Å². The number of hydrogen-bond donors (Lipinski definition) is 2. The summed E-state index contributed by atoms with van der Waals surface area (Å²) < 4.78 is 0. The Morgan fingerprint density at radius 1 is 1.03 bits per heavy atom. The molecule has 0 unspecified atom stereocenters. The van der Waals surface area contributed by atoms with Gasteiger partial charge < -0.3 is 15.5 Å². The molecule has 0 fully saturated rings. The van der Waals surface area contributed by atoms with Crippen LogP contribution in [-0.2, 0) is 15.0 Å². The highest BCUT2D eigenvalue weighted by molar-refractivity contribution is 5.91. The Balaban J connectivity index is 3.25. The molecule has 0 aliphatic carbocycles. The van der Waals surface area contributed by atoms with Crippen LogP contribution in [0.15, 0.2) is 42.0 Å². The van der Waals surface area contributed by atoms with Gasteiger partial charge in [-0.3, -0.25) is 9.59 Å². The van der Waals surface area contributed by atoms with Gasteiger partial charge in [0.1, 0.15) is 6.04 Å². The first-order valence-corrected chi connectivity index (χ1v) is 12.2. The standard InChI is InChI=1S/C28H47N3O2/c1-12-20(4)18-22(19(2)3)31(11)26(33)24(27(5,6)7)30-25(32)23(29-10)28(8,9)21-16-14-13-15-17-21/h13-19,22-24,29H,12H2,1-11H3,(H,30,32)/b20-18+/t22-,23-,24-/m1/s1. The Hall–Kier alpha value is -2.14. The molecule has 2 amide bonds. The van der Waals surface area contributed by atoms with E-state index in [0.717, 1.165) is 12.0 Å². The van der Waals surface area contributed by atoms with Crippen molar-refractivity contribution in [3.8, 4) is 0 Å². The van der Waals surface area contributed by atoms with Crippen molar-refractivity contribution in [1.29, 1.82) is 0 Å². The number of allylic oxidation sites excluding steroid dienone is 1. The van der Waals surface area contributed by atoms with Gasteiger partial charge in [-0.2, -0.15) is 0 Å². The summed E-state index contributed by atoms with van der Waals surface area (Å²) in [4.78, 5) is 29.1. The molecule has 0 heterocycles. The average Bonchev–Trinajstić information content (AvgIpc) is 2.74. The number of hydrogen-bond acceptors (Lipinski definition) is 3. The maximum absolute atomic E-state index is 13.7. The summed E-state index contributed by atoms with van der Waals surface area (Å²) in [6.45, 7) is 18.6. The second-order valence-corrected chi connectivity index (χ2v) is 11.2. The fourth-order valence-corrected chi connectivity index (χ4v) is 4.24. The zero-order valence-corrected chi connectivity index (χ0v) is 22.7. The molecule has 1 rings (SSSR count). The van der Waals surface area contributed by atoms with E-state index in [2.05, 4.69) is 58.3 Å². The van der Waals surface area contributed by atoms with Crippen molar-refractivity contribution in [2.24, 2.45) is 11.3 Å². The molecule has 3 atom stereocenters. The largest absolute Gasteiger partial charge is 0.342 e. The highest BCUT2D eigenvalue weighted by atomic mass is 16.2. The second kappa shape index (κ2) is 11.8. The predicted molar refractivity (Wildman–Crippen MR) is 139 cm³/mol. The maximum Gasteiger partial charge on any atom is 0.245 e. The fraction of sp³-hybridized carbons (Fsp3) is 0.643. The molecule has 1 aromatic rings. The molecule has 186 valence electrons. The lowest BCUT2D eigenvalue weighted by Crippen LogP contribution is -2.61. The van der Waals surface area contributed by atoms with Crippen LogP contribution in [0.25, 0.3) is 0 Å². The van der Waals surface area contributed by atoms with E-state index in [9.17, 15) is 9.59 Å². The van der Waals surface area contributed by atoms with Gasteiger partial charge in [-0.05, 0) is 37.3 Å². The van der Waals surface area contributed by atoms with Crippen molar-refractivity contribution >= 4 is 11.8 Å². The van der Waals surface area contributed by atoms with Gasteiger partial charge in [-0.1, -0.05) is 97.4 Å². The SMILES string of the molecule is CC/C(C)=C/[C@H](C(C)C)N(C)C(=O)[C@@H](NC(=O)[C@@H](NC)C(C)(C)c1ccccc1)C(C)(C)C. The Labute approximate surface area is 202 Å². The van der Waals surface area contributed by atoms with E-state index in [-0.39, 0.29) is 23.8 Å². The fourth-order valence-electron chi connectivity index (χ4n) is 4.24. The Bertz CT molecular complexity index is 806. The van der Waals surface area contributed by atoms with E-state index in [1.807, 2.05) is 58.2 Å². The summed E-state index contributed by atoms with van der Waals surface area (Å²) in [5.74, 6) is 0.0234. The summed E-state index contributed by atoms with van der Waals surface area (Å²) in [5, 5.41) is 6.31. The number of amides is 2. The number of benzene rings is 1. The Kier molecular flexibility index (Phi) is 10.4. The van der Waals surface area contributed by atoms with Gasteiger partial charge in [0.15, 0.2) is 0 Å². The summed E-state index contributed by atoms with van der Waals surface area (Å²) in [6, 6.07) is 8.84. The quantitative estimate of drug-likeness (QED) is 0.490. The lowest BCUT2D eigenvalue weighted by Gasteiger charge is -2.40. The molecular formula is C28H47N3O2. The zero-order valence-electron chi connectivity index (χ0n) is 22.7. The van der Waals surface area contributed by atoms with Crippen LogP contribution in [0.1, 0.15) is 74.3 Å². The number of nitrogens with zero attached hydrogens (tertiary/aromatic N) is 1. The van der Waals surface area contributed by atoms with E-state index in [1.54, 1.807) is 11.9 Å². The number of likely N-dealkylation sites (N-methyl/N-ethyl adjacent to an activating group) is 2. The molecule has 5 heteroatoms. The molecule has 5 nitrogen and oxygen atoms in total. The minimum Gasteiger partial charge on any atom is -0.342 e. The van der Waals surface area contributed by atoms with Gasteiger partial charge in [0.25, 0.3) is 0 Å². The third-order valence-electron chi connectivity index (χ3n) is 6.68. The summed E-state index contributed by atoms with van der Waals surface area (Å²) in [5.41, 5.74) is 1.42. The number of carbonyl (C=O) groups excluding carboxylic acids is 2. The third-order valence-corrected chi connectivity index (χ3v) is 6.68. The van der Waals surface area contributed by atoms with Crippen LogP contribution in [0.3, 0.4) is 0 Å². The zero-order chi connectivity index (χ0) is 25.6. The van der Waals surface area contributed by atoms with E-state index < -0.39 is 22.9 Å². The Morgan fingerprint density at radius 2 is 1.58 bits per heavy atom. The van der Waals surface area contributed by atoms with Gasteiger partial charge in [0, 0.05) is 12.5 Å². The van der Waals surface area contributed by atoms with E-state index in [1.165, 1.54) is 5.57 Å². The molecule has 33 heavy (non-hydrogen) atoms. The lowest BCUT2D eigenvalue weighted by atomic mass is 9.76. The lowest BCUT2D eigenvalue weighted by molar-refractivity contribution is -0.140. The van der Waals surface area contributed by atoms with Crippen LogP contribution >= 0.6 is 0 Å². The minimum atomic E-state index is -0.644. The van der Waals surface area contributed by atoms with Crippen molar-refractivity contribution in [3.05, 3.63) is 47.5 Å². The van der Waals surface area contributed by atoms with E-state index in [0.29, 0.717) is 0 Å². The Morgan fingerprint density at radius 3 is 2.00 bits per heavy atom. The van der Waals surface area contributed by atoms with Crippen molar-refractivity contribution < 1.29 is 9.59 Å². The molecular weight excluding hydrogens is 410 g/mol. The molecule has 0 bridgehead atoms. The molecule has 0 spiro atoms. The van der Waals surface area contributed by atoms with E-state index in [4.69, 9.17) is 0 Å². The van der Waals surface area contributed by atoms with Crippen LogP contribution in [-0.4, -0.2) is 48.9 Å². The van der Waals surface area contributed by atoms with Crippen molar-refractivity contribution in [2.45, 2.75) is 92.3 Å². The van der Waals surface area contributed by atoms with Crippen molar-refractivity contribution in [3.63, 3.8) is 0 Å². The van der Waals surface area contributed by atoms with Gasteiger partial charge in [-0.15, -0.1) is 0 Å². The predicted octanol–water partition coefficient (Wildman–Crippen LogP) is 4.92. The van der Waals surface area contributed by atoms with Crippen LogP contribution in [0.5, 0.6) is 0 Å². The smallest absolute Gasteiger partial charge is 0.245 e. The van der Waals surface area contributed by atoms with Crippen LogP contribution in [0.2, 0.25) is 0 Å². The molecule has 0 aromatic heterocycles. The molecule has 0 aliphatic rings. The van der Waals surface area contributed by atoms with Gasteiger partial charge in [0.2, 0.25) is 11.8 Å². The van der Waals surface area contributed by atoms with Gasteiger partial charge in [-0.25, -0.2) is 0 Å². The molecule has 0 saturated heterocycles. The van der Waals surface area contributed by atoms with Gasteiger partial charge in [0.05, 0.1) is 12.1 Å². The normalized spacial score (nSPS) is 15.7. The molecule has 2 N–H and O–H groups in total. The number of rotatable bonds is 10. The van der Waals surface area contributed by atoms with E-state index >= 15 is 0 Å². The molecule has 0 radical (unpaired) electrons. The third kappa shape index (κ3) is 7.43. The highest BCUT2D eigenvalue weighted by Gasteiger charge is 2.41. The molecule has 0 saturated carbocycles. The first-order chi connectivity index (χ1) is 15.2. The van der Waals surface area contributed by atoms with Crippen LogP contribution in [0, 0.1) is 11.3 Å². The summed E-state index contributed by atoms with van der Waals surface area (Å²) in [6.07, 6.45) is 3.13. The van der Waals surface area contributed by atoms with Crippen molar-refractivity contribution in [2.75, 3.05) is 14.1 Å². The first-order valence-electron chi connectivity index (χ1n) is 12.2. The minimum absolute atomic E-state index is 0.0277. The average molecular weight is 458 g/mol. The number of nitrogens with one attached hydrogen (secondary N) is 2. The maximum atomic E-state index is 13.7. The second-order valence-electron chi connectivity index (χ2n) is 11.2. The highest BCUT2D eigenvalue weighted by Crippen LogP contribution is 2.29. The molecule has 1 aromatic carbocycles. The summed E-state index contributed by atoms with van der Waals surface area (Å²) in [7, 11) is 3.64. The van der Waals surface area contributed by atoms with Gasteiger partial charge >= 0.3 is 0 Å². The van der Waals surface area contributed by atoms with Crippen molar-refractivity contribution in [1.82, 2.24) is 15.5 Å². The molecule has 0 aliphatic heterocycles.